The van der Waals surface area contributed by atoms with E-state index in [1.165, 1.54) is 6.07 Å². The summed E-state index contributed by atoms with van der Waals surface area (Å²) >= 11 is 11.7. The van der Waals surface area contributed by atoms with Crippen LogP contribution in [0.4, 0.5) is 4.39 Å². The van der Waals surface area contributed by atoms with E-state index in [1.807, 2.05) is 0 Å². The monoisotopic (exact) mass is 338 g/mol. The number of benzene rings is 1. The number of hydrogen-bond donors (Lipinski definition) is 2. The molecule has 0 amide bonds. The summed E-state index contributed by atoms with van der Waals surface area (Å²) in [5.41, 5.74) is 0.765. The maximum Gasteiger partial charge on any atom is 0.150 e. The fourth-order valence-corrected chi connectivity index (χ4v) is 4.82. The molecule has 1 atom stereocenters. The molecular formula is C12H13Cl2FN2O2S. The number of nitrogens with zero attached hydrogens (tertiary/aromatic N) is 2. The molecule has 0 radical (unpaired) electrons. The lowest BCUT2D eigenvalue weighted by Crippen LogP contribution is -2.13. The van der Waals surface area contributed by atoms with Crippen molar-refractivity contribution in [3.05, 3.63) is 28.8 Å². The Labute approximate surface area is 126 Å². The molecule has 0 saturated carbocycles. The zero-order chi connectivity index (χ0) is 14.5. The number of imidazole rings is 1. The van der Waals surface area contributed by atoms with E-state index >= 15 is 0 Å². The van der Waals surface area contributed by atoms with Crippen LogP contribution in [-0.2, 0) is 5.88 Å². The van der Waals surface area contributed by atoms with Crippen LogP contribution in [0.2, 0.25) is 5.02 Å². The summed E-state index contributed by atoms with van der Waals surface area (Å²) in [6.45, 7) is 0. The topological polar surface area (TPSA) is 58.3 Å². The smallest absolute Gasteiger partial charge is 0.150 e. The molecule has 4 nitrogen and oxygen atoms in total. The minimum Gasteiger partial charge on any atom is -0.320 e. The fourth-order valence-electron chi connectivity index (χ4n) is 2.69. The third-order valence-electron chi connectivity index (χ3n) is 3.50. The lowest BCUT2D eigenvalue weighted by atomic mass is 10.2. The highest BCUT2D eigenvalue weighted by molar-refractivity contribution is 8.24. The van der Waals surface area contributed by atoms with Gasteiger partial charge in [0, 0.05) is 10.8 Å². The van der Waals surface area contributed by atoms with Crippen molar-refractivity contribution < 1.29 is 13.5 Å². The van der Waals surface area contributed by atoms with E-state index in [0.717, 1.165) is 0 Å². The third kappa shape index (κ3) is 2.40. The van der Waals surface area contributed by atoms with Crippen molar-refractivity contribution in [3.63, 3.8) is 0 Å². The molecule has 1 aromatic heterocycles. The Morgan fingerprint density at radius 3 is 2.80 bits per heavy atom. The van der Waals surface area contributed by atoms with E-state index in [4.69, 9.17) is 23.2 Å². The highest BCUT2D eigenvalue weighted by Gasteiger charge is 2.32. The minimum absolute atomic E-state index is 0.126. The largest absolute Gasteiger partial charge is 0.320 e. The van der Waals surface area contributed by atoms with E-state index in [-0.39, 0.29) is 22.7 Å². The Kier molecular flexibility index (Phi) is 3.63. The van der Waals surface area contributed by atoms with Crippen LogP contribution in [0.15, 0.2) is 12.1 Å². The molecule has 1 aliphatic rings. The van der Waals surface area contributed by atoms with Crippen molar-refractivity contribution >= 4 is 44.8 Å². The molecule has 2 N–H and O–H groups in total. The molecule has 0 spiro atoms. The van der Waals surface area contributed by atoms with Crippen LogP contribution in [0, 0.1) is 5.82 Å². The van der Waals surface area contributed by atoms with Gasteiger partial charge in [-0.05, 0) is 18.6 Å². The molecule has 0 aliphatic carbocycles. The summed E-state index contributed by atoms with van der Waals surface area (Å²) < 4.78 is 35.4. The van der Waals surface area contributed by atoms with Crippen molar-refractivity contribution in [1.82, 2.24) is 9.55 Å². The first-order valence-corrected chi connectivity index (χ1v) is 8.86. The van der Waals surface area contributed by atoms with E-state index < -0.39 is 16.4 Å². The average molecular weight is 339 g/mol. The molecule has 8 heteroatoms. The highest BCUT2D eigenvalue weighted by Crippen LogP contribution is 2.51. The number of alkyl halides is 1. The Bertz CT molecular complexity index is 677. The maximum atomic E-state index is 14.2. The fraction of sp³-hybridized carbons (Fsp3) is 0.417. The molecule has 1 aromatic carbocycles. The van der Waals surface area contributed by atoms with Crippen LogP contribution in [0.1, 0.15) is 18.3 Å². The molecule has 2 aromatic rings. The molecule has 1 saturated heterocycles. The second kappa shape index (κ2) is 5.03. The van der Waals surface area contributed by atoms with Gasteiger partial charge in [0.15, 0.2) is 5.82 Å². The molecule has 1 aliphatic heterocycles. The summed E-state index contributed by atoms with van der Waals surface area (Å²) in [4.78, 5) is 4.30. The van der Waals surface area contributed by atoms with E-state index in [2.05, 4.69) is 4.98 Å². The minimum atomic E-state index is -2.58. The van der Waals surface area contributed by atoms with Gasteiger partial charge >= 0.3 is 0 Å². The number of aromatic nitrogens is 2. The lowest BCUT2D eigenvalue weighted by Gasteiger charge is -2.26. The Morgan fingerprint density at radius 2 is 2.20 bits per heavy atom. The predicted molar refractivity (Wildman–Crippen MR) is 80.5 cm³/mol. The van der Waals surface area contributed by atoms with Gasteiger partial charge in [-0.3, -0.25) is 9.11 Å². The molecule has 1 unspecified atom stereocenters. The van der Waals surface area contributed by atoms with Gasteiger partial charge < -0.3 is 4.57 Å². The second-order valence-corrected chi connectivity index (χ2v) is 7.95. The average Bonchev–Trinajstić information content (AvgIpc) is 2.88. The van der Waals surface area contributed by atoms with Crippen molar-refractivity contribution in [2.24, 2.45) is 0 Å². The van der Waals surface area contributed by atoms with Crippen LogP contribution in [0.25, 0.3) is 11.0 Å². The molecule has 110 valence electrons. The van der Waals surface area contributed by atoms with Crippen LogP contribution >= 0.6 is 33.8 Å². The van der Waals surface area contributed by atoms with Crippen molar-refractivity contribution in [2.75, 3.05) is 11.5 Å². The van der Waals surface area contributed by atoms with Gasteiger partial charge in [0.2, 0.25) is 0 Å². The van der Waals surface area contributed by atoms with E-state index in [9.17, 15) is 13.5 Å². The molecule has 3 rings (SSSR count). The quantitative estimate of drug-likeness (QED) is 0.804. The maximum absolute atomic E-state index is 14.2. The molecular weight excluding hydrogens is 326 g/mol. The normalized spacial score (nSPS) is 23.4. The van der Waals surface area contributed by atoms with Gasteiger partial charge in [-0.1, -0.05) is 11.6 Å². The number of fused-ring (bicyclic) bond motifs is 1. The van der Waals surface area contributed by atoms with Crippen LogP contribution in [0.5, 0.6) is 0 Å². The second-order valence-electron chi connectivity index (χ2n) is 4.90. The lowest BCUT2D eigenvalue weighted by molar-refractivity contribution is 0.489. The van der Waals surface area contributed by atoms with Crippen molar-refractivity contribution in [3.8, 4) is 0 Å². The summed E-state index contributed by atoms with van der Waals surface area (Å²) in [5, 5.41) is 0.275. The summed E-state index contributed by atoms with van der Waals surface area (Å²) in [7, 11) is -2.58. The summed E-state index contributed by atoms with van der Waals surface area (Å²) in [6.07, 6.45) is 0.569. The van der Waals surface area contributed by atoms with Crippen LogP contribution < -0.4 is 0 Å². The Balaban J connectivity index is 2.18. The highest BCUT2D eigenvalue weighted by atomic mass is 35.5. The zero-order valence-corrected chi connectivity index (χ0v) is 12.7. The first kappa shape index (κ1) is 14.4. The van der Waals surface area contributed by atoms with Gasteiger partial charge in [0.25, 0.3) is 0 Å². The van der Waals surface area contributed by atoms with Crippen molar-refractivity contribution in [2.45, 2.75) is 18.3 Å². The van der Waals surface area contributed by atoms with Gasteiger partial charge in [0.1, 0.15) is 11.3 Å². The Morgan fingerprint density at radius 1 is 1.45 bits per heavy atom. The van der Waals surface area contributed by atoms with E-state index in [0.29, 0.717) is 29.0 Å². The first-order valence-electron chi connectivity index (χ1n) is 6.07. The van der Waals surface area contributed by atoms with Crippen LogP contribution in [-0.4, -0.2) is 30.2 Å². The standard InChI is InChI=1S/C12H13Cl2FN2O2S/c13-5-11-16-10-4-7(14)3-9(15)12(10)17(11)8-1-2-20(18,19)6-8/h3-4,8,18-19H,1-2,5-6H2. The third-order valence-corrected chi connectivity index (χ3v) is 5.76. The van der Waals surface area contributed by atoms with Gasteiger partial charge in [0.05, 0.1) is 23.2 Å². The predicted octanol–water partition coefficient (Wildman–Crippen LogP) is 4.26. The molecule has 2 heterocycles. The SMILES string of the molecule is OS1(O)CCC(n2c(CCl)nc3cc(Cl)cc(F)c32)C1. The number of hydrogen-bond acceptors (Lipinski definition) is 3. The number of halogens is 3. The van der Waals surface area contributed by atoms with Gasteiger partial charge in [-0.25, -0.2) is 9.37 Å². The van der Waals surface area contributed by atoms with Gasteiger partial charge in [-0.2, -0.15) is 10.6 Å². The van der Waals surface area contributed by atoms with Gasteiger partial charge in [-0.15, -0.1) is 11.6 Å². The number of rotatable bonds is 2. The summed E-state index contributed by atoms with van der Waals surface area (Å²) in [5.74, 6) is 0.713. The Hall–Kier alpha value is -0.530. The first-order chi connectivity index (χ1) is 9.41. The molecule has 0 bridgehead atoms. The zero-order valence-electron chi connectivity index (χ0n) is 10.4. The molecule has 1 fully saturated rings. The van der Waals surface area contributed by atoms with Crippen LogP contribution in [0.3, 0.4) is 0 Å². The van der Waals surface area contributed by atoms with Crippen molar-refractivity contribution in [1.29, 1.82) is 0 Å². The summed E-state index contributed by atoms with van der Waals surface area (Å²) in [6, 6.07) is 2.61. The molecule has 20 heavy (non-hydrogen) atoms. The van der Waals surface area contributed by atoms with E-state index in [1.54, 1.807) is 10.6 Å².